The fourth-order valence-electron chi connectivity index (χ4n) is 3.51. The molecule has 0 aliphatic carbocycles. The minimum atomic E-state index is -3.22. The number of likely N-dealkylation sites (N-methyl/N-ethyl adjacent to an activating group) is 1. The summed E-state index contributed by atoms with van der Waals surface area (Å²) < 4.78 is 24.5. The summed E-state index contributed by atoms with van der Waals surface area (Å²) in [7, 11) is -1.49. The fraction of sp³-hybridized carbons (Fsp3) is 0.529. The molecule has 0 saturated carbocycles. The van der Waals surface area contributed by atoms with Gasteiger partial charge in [0, 0.05) is 44.5 Å². The molecule has 1 fully saturated rings. The van der Waals surface area contributed by atoms with Gasteiger partial charge in [0.25, 0.3) is 5.91 Å². The van der Waals surface area contributed by atoms with Crippen molar-refractivity contribution in [2.45, 2.75) is 19.3 Å². The molecular formula is C17H23N3O4S. The van der Waals surface area contributed by atoms with Crippen LogP contribution >= 0.6 is 0 Å². The van der Waals surface area contributed by atoms with Crippen molar-refractivity contribution in [2.75, 3.05) is 44.4 Å². The van der Waals surface area contributed by atoms with E-state index in [1.165, 1.54) is 10.6 Å². The molecule has 1 aromatic carbocycles. The number of carbonyl (C=O) groups is 2. The molecule has 7 nitrogen and oxygen atoms in total. The number of benzene rings is 1. The first kappa shape index (κ1) is 17.9. The Kier molecular flexibility index (Phi) is 4.15. The van der Waals surface area contributed by atoms with E-state index in [4.69, 9.17) is 0 Å². The molecule has 0 N–H and O–H groups in total. The Morgan fingerprint density at radius 1 is 1.12 bits per heavy atom. The fourth-order valence-corrected chi connectivity index (χ4v) is 4.34. The zero-order chi connectivity index (χ0) is 18.6. The second-order valence-electron chi connectivity index (χ2n) is 7.18. The number of fused-ring (bicyclic) bond motifs is 1. The molecule has 25 heavy (non-hydrogen) atoms. The quantitative estimate of drug-likeness (QED) is 0.771. The second-order valence-corrected chi connectivity index (χ2v) is 9.16. The lowest BCUT2D eigenvalue weighted by Gasteiger charge is -2.33. The van der Waals surface area contributed by atoms with Gasteiger partial charge in [0.2, 0.25) is 15.9 Å². The highest BCUT2D eigenvalue weighted by Crippen LogP contribution is 2.41. The van der Waals surface area contributed by atoms with Crippen LogP contribution in [0.15, 0.2) is 18.2 Å². The highest BCUT2D eigenvalue weighted by atomic mass is 32.2. The van der Waals surface area contributed by atoms with E-state index >= 15 is 0 Å². The van der Waals surface area contributed by atoms with Gasteiger partial charge in [-0.25, -0.2) is 8.42 Å². The van der Waals surface area contributed by atoms with Crippen LogP contribution < -0.4 is 4.90 Å². The normalized spacial score (nSPS) is 20.7. The van der Waals surface area contributed by atoms with E-state index in [0.717, 1.165) is 11.3 Å². The third-order valence-corrected chi connectivity index (χ3v) is 6.42. The summed E-state index contributed by atoms with van der Waals surface area (Å²) in [6.45, 7) is 5.06. The van der Waals surface area contributed by atoms with Crippen molar-refractivity contribution in [3.05, 3.63) is 29.3 Å². The van der Waals surface area contributed by atoms with E-state index in [2.05, 4.69) is 0 Å². The summed E-state index contributed by atoms with van der Waals surface area (Å²) in [6, 6.07) is 5.33. The molecule has 0 bridgehead atoms. The standard InChI is InChI=1S/C17H23N3O4S/c1-17(2)13-11-12(5-6-14(13)18(3)16(17)22)15(21)19-7-9-20(10-8-19)25(4,23)24/h5-6,11H,7-10H2,1-4H3. The number of sulfonamides is 1. The predicted molar refractivity (Wildman–Crippen MR) is 95.2 cm³/mol. The van der Waals surface area contributed by atoms with Gasteiger partial charge in [0.15, 0.2) is 0 Å². The van der Waals surface area contributed by atoms with Crippen molar-refractivity contribution in [3.8, 4) is 0 Å². The Morgan fingerprint density at radius 3 is 2.28 bits per heavy atom. The third-order valence-electron chi connectivity index (χ3n) is 5.11. The topological polar surface area (TPSA) is 78.0 Å². The summed E-state index contributed by atoms with van der Waals surface area (Å²) in [5.41, 5.74) is 1.55. The minimum Gasteiger partial charge on any atom is -0.336 e. The molecule has 0 aromatic heterocycles. The van der Waals surface area contributed by atoms with Gasteiger partial charge < -0.3 is 9.80 Å². The largest absolute Gasteiger partial charge is 0.336 e. The number of anilines is 1. The molecule has 1 saturated heterocycles. The minimum absolute atomic E-state index is 0.00821. The van der Waals surface area contributed by atoms with E-state index in [0.29, 0.717) is 31.7 Å². The molecule has 1 aromatic rings. The van der Waals surface area contributed by atoms with Crippen LogP contribution in [0, 0.1) is 0 Å². The van der Waals surface area contributed by atoms with Gasteiger partial charge in [0.05, 0.1) is 11.7 Å². The van der Waals surface area contributed by atoms with Gasteiger partial charge in [-0.05, 0) is 37.6 Å². The van der Waals surface area contributed by atoms with Crippen LogP contribution in [0.4, 0.5) is 5.69 Å². The van der Waals surface area contributed by atoms with Crippen LogP contribution in [0.25, 0.3) is 0 Å². The van der Waals surface area contributed by atoms with Gasteiger partial charge in [-0.3, -0.25) is 9.59 Å². The number of rotatable bonds is 2. The number of hydrogen-bond donors (Lipinski definition) is 0. The lowest BCUT2D eigenvalue weighted by atomic mass is 9.85. The molecule has 2 amide bonds. The monoisotopic (exact) mass is 365 g/mol. The average Bonchev–Trinajstić information content (AvgIpc) is 2.74. The highest BCUT2D eigenvalue weighted by molar-refractivity contribution is 7.88. The molecular weight excluding hydrogens is 342 g/mol. The maximum absolute atomic E-state index is 12.8. The van der Waals surface area contributed by atoms with Gasteiger partial charge >= 0.3 is 0 Å². The third kappa shape index (κ3) is 2.93. The average molecular weight is 365 g/mol. The summed E-state index contributed by atoms with van der Waals surface area (Å²) in [6.07, 6.45) is 1.18. The summed E-state index contributed by atoms with van der Waals surface area (Å²) in [4.78, 5) is 28.4. The van der Waals surface area contributed by atoms with E-state index in [1.54, 1.807) is 29.0 Å². The Balaban J connectivity index is 1.82. The summed E-state index contributed by atoms with van der Waals surface area (Å²) in [5.74, 6) is -0.123. The van der Waals surface area contributed by atoms with E-state index in [1.807, 2.05) is 19.9 Å². The Hall–Kier alpha value is -1.93. The SMILES string of the molecule is CN1C(=O)C(C)(C)c2cc(C(=O)N3CCN(S(C)(=O)=O)CC3)ccc21. The summed E-state index contributed by atoms with van der Waals surface area (Å²) in [5, 5.41) is 0. The zero-order valence-corrected chi connectivity index (χ0v) is 15.8. The molecule has 0 unspecified atom stereocenters. The molecule has 0 radical (unpaired) electrons. The number of nitrogens with zero attached hydrogens (tertiary/aromatic N) is 3. The molecule has 0 spiro atoms. The lowest BCUT2D eigenvalue weighted by Crippen LogP contribution is -2.50. The van der Waals surface area contributed by atoms with Crippen molar-refractivity contribution in [1.82, 2.24) is 9.21 Å². The van der Waals surface area contributed by atoms with Crippen LogP contribution in [-0.4, -0.2) is 68.9 Å². The Labute approximate surface area is 148 Å². The molecule has 3 rings (SSSR count). The van der Waals surface area contributed by atoms with E-state index < -0.39 is 15.4 Å². The van der Waals surface area contributed by atoms with Crippen molar-refractivity contribution < 1.29 is 18.0 Å². The molecule has 0 atom stereocenters. The Morgan fingerprint density at radius 2 is 1.72 bits per heavy atom. The lowest BCUT2D eigenvalue weighted by molar-refractivity contribution is -0.121. The number of hydrogen-bond acceptors (Lipinski definition) is 4. The van der Waals surface area contributed by atoms with Crippen molar-refractivity contribution in [1.29, 1.82) is 0 Å². The number of amides is 2. The first-order valence-electron chi connectivity index (χ1n) is 8.20. The van der Waals surface area contributed by atoms with Gasteiger partial charge in [-0.1, -0.05) is 0 Å². The molecule has 2 heterocycles. The van der Waals surface area contributed by atoms with E-state index in [-0.39, 0.29) is 11.8 Å². The Bertz CT molecular complexity index is 839. The maximum atomic E-state index is 12.8. The van der Waals surface area contributed by atoms with Crippen LogP contribution in [0.5, 0.6) is 0 Å². The number of carbonyl (C=O) groups excluding carboxylic acids is 2. The molecule has 2 aliphatic heterocycles. The first-order chi connectivity index (χ1) is 11.5. The van der Waals surface area contributed by atoms with Crippen molar-refractivity contribution in [2.24, 2.45) is 0 Å². The summed E-state index contributed by atoms with van der Waals surface area (Å²) >= 11 is 0. The van der Waals surface area contributed by atoms with Crippen LogP contribution in [-0.2, 0) is 20.2 Å². The van der Waals surface area contributed by atoms with E-state index in [9.17, 15) is 18.0 Å². The predicted octanol–water partition coefficient (Wildman–Crippen LogP) is 0.658. The van der Waals surface area contributed by atoms with Crippen LogP contribution in [0.1, 0.15) is 29.8 Å². The van der Waals surface area contributed by atoms with Crippen molar-refractivity contribution >= 4 is 27.5 Å². The molecule has 8 heteroatoms. The number of piperazine rings is 1. The van der Waals surface area contributed by atoms with Gasteiger partial charge in [0.1, 0.15) is 0 Å². The maximum Gasteiger partial charge on any atom is 0.253 e. The van der Waals surface area contributed by atoms with Crippen molar-refractivity contribution in [3.63, 3.8) is 0 Å². The van der Waals surface area contributed by atoms with Gasteiger partial charge in [-0.2, -0.15) is 4.31 Å². The zero-order valence-electron chi connectivity index (χ0n) is 14.9. The smallest absolute Gasteiger partial charge is 0.253 e. The van der Waals surface area contributed by atoms with Gasteiger partial charge in [-0.15, -0.1) is 0 Å². The van der Waals surface area contributed by atoms with Crippen LogP contribution in [0.2, 0.25) is 0 Å². The molecule has 2 aliphatic rings. The molecule has 136 valence electrons. The first-order valence-corrected chi connectivity index (χ1v) is 10.1. The van der Waals surface area contributed by atoms with Crippen LogP contribution in [0.3, 0.4) is 0 Å². The highest BCUT2D eigenvalue weighted by Gasteiger charge is 2.42. The second kappa shape index (κ2) is 5.81.